The molecule has 0 N–H and O–H groups in total. The minimum Gasteiger partial charge on any atom is -0.309 e. The van der Waals surface area contributed by atoms with E-state index in [4.69, 9.17) is 0 Å². The SMILES string of the molecule is Cc1ccc(-c2cccc(-c3ccc4c(c3)c3c5ccccc5ccc3n4-c3ccccc3)c2)cc1. The summed E-state index contributed by atoms with van der Waals surface area (Å²) in [6.45, 7) is 2.13. The van der Waals surface area contributed by atoms with Crippen molar-refractivity contribution >= 4 is 32.6 Å². The van der Waals surface area contributed by atoms with Crippen molar-refractivity contribution in [3.05, 3.63) is 139 Å². The second-order valence-corrected chi connectivity index (χ2v) is 9.53. The summed E-state index contributed by atoms with van der Waals surface area (Å²) >= 11 is 0. The molecule has 0 aliphatic rings. The van der Waals surface area contributed by atoms with Crippen LogP contribution < -0.4 is 0 Å². The Kier molecular flexibility index (Phi) is 4.75. The van der Waals surface area contributed by atoms with Gasteiger partial charge in [-0.25, -0.2) is 0 Å². The van der Waals surface area contributed by atoms with Gasteiger partial charge in [-0.15, -0.1) is 0 Å². The highest BCUT2D eigenvalue weighted by Gasteiger charge is 2.15. The molecule has 7 aromatic rings. The molecule has 1 heteroatoms. The van der Waals surface area contributed by atoms with E-state index in [1.165, 1.54) is 66.1 Å². The fourth-order valence-corrected chi connectivity index (χ4v) is 5.45. The quantitative estimate of drug-likeness (QED) is 0.248. The van der Waals surface area contributed by atoms with Crippen LogP contribution in [0.1, 0.15) is 5.56 Å². The number of rotatable bonds is 3. The van der Waals surface area contributed by atoms with Crippen LogP contribution in [0.25, 0.3) is 60.5 Å². The average Bonchev–Trinajstić information content (AvgIpc) is 3.28. The van der Waals surface area contributed by atoms with E-state index in [2.05, 4.69) is 145 Å². The van der Waals surface area contributed by atoms with E-state index in [9.17, 15) is 0 Å². The summed E-state index contributed by atoms with van der Waals surface area (Å²) in [7, 11) is 0. The van der Waals surface area contributed by atoms with E-state index in [1.807, 2.05) is 0 Å². The van der Waals surface area contributed by atoms with E-state index < -0.39 is 0 Å². The number of para-hydroxylation sites is 1. The molecule has 1 aromatic heterocycles. The van der Waals surface area contributed by atoms with Crippen LogP contribution in [0.3, 0.4) is 0 Å². The lowest BCUT2D eigenvalue weighted by Gasteiger charge is -2.09. The highest BCUT2D eigenvalue weighted by Crippen LogP contribution is 2.39. The second-order valence-electron chi connectivity index (χ2n) is 9.53. The van der Waals surface area contributed by atoms with Crippen molar-refractivity contribution in [1.29, 1.82) is 0 Å². The molecule has 0 spiro atoms. The molecule has 7 rings (SSSR count). The second kappa shape index (κ2) is 8.25. The van der Waals surface area contributed by atoms with Gasteiger partial charge >= 0.3 is 0 Å². The van der Waals surface area contributed by atoms with Crippen molar-refractivity contribution < 1.29 is 0 Å². The fraction of sp³-hybridized carbons (Fsp3) is 0.0286. The largest absolute Gasteiger partial charge is 0.309 e. The molecule has 0 unspecified atom stereocenters. The highest BCUT2D eigenvalue weighted by atomic mass is 15.0. The van der Waals surface area contributed by atoms with Gasteiger partial charge in [0.2, 0.25) is 0 Å². The number of benzene rings is 6. The molecule has 0 aliphatic carbocycles. The monoisotopic (exact) mass is 459 g/mol. The molecule has 0 atom stereocenters. The molecule has 1 nitrogen and oxygen atoms in total. The Labute approximate surface area is 210 Å². The summed E-state index contributed by atoms with van der Waals surface area (Å²) in [6.07, 6.45) is 0. The van der Waals surface area contributed by atoms with Crippen LogP contribution in [-0.2, 0) is 0 Å². The molecule has 0 bridgehead atoms. The third-order valence-electron chi connectivity index (χ3n) is 7.25. The van der Waals surface area contributed by atoms with Crippen LogP contribution in [0.15, 0.2) is 133 Å². The molecule has 0 aliphatic heterocycles. The average molecular weight is 460 g/mol. The van der Waals surface area contributed by atoms with E-state index in [0.29, 0.717) is 0 Å². The molecule has 0 saturated heterocycles. The van der Waals surface area contributed by atoms with Gasteiger partial charge in [0.25, 0.3) is 0 Å². The van der Waals surface area contributed by atoms with Crippen LogP contribution in [0.5, 0.6) is 0 Å². The predicted octanol–water partition coefficient (Wildman–Crippen LogP) is 9.58. The van der Waals surface area contributed by atoms with E-state index >= 15 is 0 Å². The predicted molar refractivity (Wildman–Crippen MR) is 154 cm³/mol. The van der Waals surface area contributed by atoms with Crippen LogP contribution >= 0.6 is 0 Å². The summed E-state index contributed by atoms with van der Waals surface area (Å²) in [4.78, 5) is 0. The van der Waals surface area contributed by atoms with Gasteiger partial charge in [-0.3, -0.25) is 0 Å². The number of hydrogen-bond acceptors (Lipinski definition) is 0. The Hall–Kier alpha value is -4.62. The van der Waals surface area contributed by atoms with Gasteiger partial charge in [-0.05, 0) is 76.3 Å². The van der Waals surface area contributed by atoms with Crippen molar-refractivity contribution in [1.82, 2.24) is 4.57 Å². The summed E-state index contributed by atoms with van der Waals surface area (Å²) in [5, 5.41) is 5.15. The maximum absolute atomic E-state index is 2.39. The van der Waals surface area contributed by atoms with Gasteiger partial charge in [0.05, 0.1) is 11.0 Å². The van der Waals surface area contributed by atoms with Crippen molar-refractivity contribution in [3.63, 3.8) is 0 Å². The van der Waals surface area contributed by atoms with Crippen molar-refractivity contribution in [2.24, 2.45) is 0 Å². The first-order valence-corrected chi connectivity index (χ1v) is 12.5. The van der Waals surface area contributed by atoms with E-state index in [0.717, 1.165) is 0 Å². The maximum atomic E-state index is 2.39. The lowest BCUT2D eigenvalue weighted by molar-refractivity contribution is 1.18. The first kappa shape index (κ1) is 20.7. The zero-order valence-corrected chi connectivity index (χ0v) is 20.1. The summed E-state index contributed by atoms with van der Waals surface area (Å²) < 4.78 is 2.39. The lowest BCUT2D eigenvalue weighted by Crippen LogP contribution is -1.93. The summed E-state index contributed by atoms with van der Waals surface area (Å²) in [6, 6.07) is 48.5. The first-order valence-electron chi connectivity index (χ1n) is 12.5. The van der Waals surface area contributed by atoms with Crippen LogP contribution in [-0.4, -0.2) is 4.57 Å². The van der Waals surface area contributed by atoms with Crippen LogP contribution in [0.4, 0.5) is 0 Å². The lowest BCUT2D eigenvalue weighted by atomic mass is 9.97. The van der Waals surface area contributed by atoms with Gasteiger partial charge < -0.3 is 4.57 Å². The maximum Gasteiger partial charge on any atom is 0.0547 e. The summed E-state index contributed by atoms with van der Waals surface area (Å²) in [5.41, 5.74) is 9.88. The third-order valence-corrected chi connectivity index (χ3v) is 7.25. The molecule has 170 valence electrons. The molecular weight excluding hydrogens is 434 g/mol. The van der Waals surface area contributed by atoms with E-state index in [1.54, 1.807) is 0 Å². The Bertz CT molecular complexity index is 1870. The molecule has 0 fully saturated rings. The molecule has 36 heavy (non-hydrogen) atoms. The van der Waals surface area contributed by atoms with Gasteiger partial charge in [0.15, 0.2) is 0 Å². The standard InChI is InChI=1S/C35H25N/c1-24-14-16-25(17-15-24)27-9-7-10-28(22-27)29-19-20-33-32(23-29)35-31-13-6-5-8-26(31)18-21-34(35)36(33)30-11-3-2-4-12-30/h2-23H,1H3. The number of fused-ring (bicyclic) bond motifs is 5. The minimum atomic E-state index is 1.18. The normalized spacial score (nSPS) is 11.5. The topological polar surface area (TPSA) is 4.93 Å². The Morgan fingerprint density at radius 3 is 1.94 bits per heavy atom. The Morgan fingerprint density at radius 1 is 0.444 bits per heavy atom. The van der Waals surface area contributed by atoms with Gasteiger partial charge in [-0.2, -0.15) is 0 Å². The van der Waals surface area contributed by atoms with Crippen molar-refractivity contribution in [3.8, 4) is 27.9 Å². The Balaban J connectivity index is 1.49. The van der Waals surface area contributed by atoms with Crippen molar-refractivity contribution in [2.75, 3.05) is 0 Å². The van der Waals surface area contributed by atoms with Gasteiger partial charge in [-0.1, -0.05) is 103 Å². The molecule has 0 amide bonds. The number of hydrogen-bond donors (Lipinski definition) is 0. The highest BCUT2D eigenvalue weighted by molar-refractivity contribution is 6.21. The zero-order valence-electron chi connectivity index (χ0n) is 20.1. The van der Waals surface area contributed by atoms with E-state index in [-0.39, 0.29) is 0 Å². The van der Waals surface area contributed by atoms with Crippen LogP contribution in [0, 0.1) is 6.92 Å². The molecular formula is C35H25N. The number of aromatic nitrogens is 1. The third kappa shape index (κ3) is 3.32. The van der Waals surface area contributed by atoms with Gasteiger partial charge in [0, 0.05) is 16.5 Å². The molecule has 1 heterocycles. The van der Waals surface area contributed by atoms with Crippen molar-refractivity contribution in [2.45, 2.75) is 6.92 Å². The van der Waals surface area contributed by atoms with Crippen LogP contribution in [0.2, 0.25) is 0 Å². The first-order chi connectivity index (χ1) is 17.8. The zero-order chi connectivity index (χ0) is 24.1. The number of aryl methyl sites for hydroxylation is 1. The Morgan fingerprint density at radius 2 is 1.11 bits per heavy atom. The smallest absolute Gasteiger partial charge is 0.0547 e. The molecule has 6 aromatic carbocycles. The fourth-order valence-electron chi connectivity index (χ4n) is 5.45. The minimum absolute atomic E-state index is 1.18. The number of nitrogens with zero attached hydrogens (tertiary/aromatic N) is 1. The van der Waals surface area contributed by atoms with Gasteiger partial charge in [0.1, 0.15) is 0 Å². The summed E-state index contributed by atoms with van der Waals surface area (Å²) in [5.74, 6) is 0. The molecule has 0 radical (unpaired) electrons. The molecule has 0 saturated carbocycles.